The second kappa shape index (κ2) is 6.41. The van der Waals surface area contributed by atoms with Crippen LogP contribution in [0.3, 0.4) is 0 Å². The Morgan fingerprint density at radius 1 is 1.26 bits per heavy atom. The molecule has 0 aliphatic carbocycles. The molecule has 1 saturated heterocycles. The van der Waals surface area contributed by atoms with Crippen LogP contribution in [-0.2, 0) is 6.54 Å². The molecule has 0 spiro atoms. The summed E-state index contributed by atoms with van der Waals surface area (Å²) in [5, 5.41) is 3.55. The summed E-state index contributed by atoms with van der Waals surface area (Å²) in [7, 11) is 2.84. The summed E-state index contributed by atoms with van der Waals surface area (Å²) in [6.45, 7) is 4.34. The Kier molecular flexibility index (Phi) is 4.85. The second-order valence-electron chi connectivity index (χ2n) is 4.42. The van der Waals surface area contributed by atoms with E-state index in [2.05, 4.69) is 10.2 Å². The van der Waals surface area contributed by atoms with Gasteiger partial charge in [-0.3, -0.25) is 4.90 Å². The molecule has 1 fully saturated rings. The number of benzene rings is 1. The molecule has 1 aromatic rings. The molecule has 0 bridgehead atoms. The highest BCUT2D eigenvalue weighted by Crippen LogP contribution is 2.37. The molecule has 1 heterocycles. The van der Waals surface area contributed by atoms with Crippen LogP contribution < -0.4 is 14.8 Å². The lowest BCUT2D eigenvalue weighted by Crippen LogP contribution is -2.42. The van der Waals surface area contributed by atoms with Crippen LogP contribution in [0.2, 0.25) is 5.02 Å². The lowest BCUT2D eigenvalue weighted by molar-refractivity contribution is 0.228. The van der Waals surface area contributed by atoms with Gasteiger partial charge in [-0.25, -0.2) is 0 Å². The first kappa shape index (κ1) is 14.4. The molecular formula is C13H18ClFN2O2. The first-order chi connectivity index (χ1) is 9.17. The Morgan fingerprint density at radius 2 is 1.89 bits per heavy atom. The second-order valence-corrected chi connectivity index (χ2v) is 4.83. The van der Waals surface area contributed by atoms with Crippen LogP contribution >= 0.6 is 11.6 Å². The number of methoxy groups -OCH3 is 2. The van der Waals surface area contributed by atoms with Gasteiger partial charge in [-0.05, 0) is 6.07 Å². The van der Waals surface area contributed by atoms with Gasteiger partial charge < -0.3 is 14.8 Å². The van der Waals surface area contributed by atoms with Crippen LogP contribution in [0.4, 0.5) is 4.39 Å². The van der Waals surface area contributed by atoms with E-state index in [9.17, 15) is 4.39 Å². The third-order valence-corrected chi connectivity index (χ3v) is 3.50. The SMILES string of the molecule is COc1c(Cl)cc(CN2CCNCC2)c(OC)c1F. The predicted molar refractivity (Wildman–Crippen MR) is 72.7 cm³/mol. The summed E-state index contributed by atoms with van der Waals surface area (Å²) in [5.41, 5.74) is 0.743. The highest BCUT2D eigenvalue weighted by atomic mass is 35.5. The van der Waals surface area contributed by atoms with Crippen LogP contribution in [0.15, 0.2) is 6.07 Å². The van der Waals surface area contributed by atoms with Gasteiger partial charge in [0, 0.05) is 38.3 Å². The minimum Gasteiger partial charge on any atom is -0.493 e. The minimum atomic E-state index is -0.539. The molecule has 0 atom stereocenters. The normalized spacial score (nSPS) is 16.4. The fourth-order valence-electron chi connectivity index (χ4n) is 2.27. The maximum atomic E-state index is 14.2. The van der Waals surface area contributed by atoms with Crippen molar-refractivity contribution in [1.82, 2.24) is 10.2 Å². The van der Waals surface area contributed by atoms with E-state index in [0.29, 0.717) is 6.54 Å². The first-order valence-electron chi connectivity index (χ1n) is 6.19. The van der Waals surface area contributed by atoms with Crippen molar-refractivity contribution in [3.05, 3.63) is 22.5 Å². The number of halogens is 2. The van der Waals surface area contributed by atoms with Gasteiger partial charge >= 0.3 is 0 Å². The van der Waals surface area contributed by atoms with E-state index < -0.39 is 5.82 Å². The zero-order valence-corrected chi connectivity index (χ0v) is 11.9. The maximum Gasteiger partial charge on any atom is 0.208 e. The zero-order chi connectivity index (χ0) is 13.8. The average molecular weight is 289 g/mol. The van der Waals surface area contributed by atoms with Gasteiger partial charge in [-0.1, -0.05) is 11.6 Å². The molecule has 1 aromatic carbocycles. The lowest BCUT2D eigenvalue weighted by atomic mass is 10.1. The smallest absolute Gasteiger partial charge is 0.208 e. The summed E-state index contributed by atoms with van der Waals surface area (Å²) < 4.78 is 24.3. The summed E-state index contributed by atoms with van der Waals surface area (Å²) in [6, 6.07) is 1.71. The van der Waals surface area contributed by atoms with Crippen molar-refractivity contribution in [2.75, 3.05) is 40.4 Å². The Morgan fingerprint density at radius 3 is 2.47 bits per heavy atom. The van der Waals surface area contributed by atoms with Gasteiger partial charge in [0.1, 0.15) is 0 Å². The van der Waals surface area contributed by atoms with Gasteiger partial charge in [0.15, 0.2) is 11.5 Å². The van der Waals surface area contributed by atoms with E-state index in [-0.39, 0.29) is 16.5 Å². The monoisotopic (exact) mass is 288 g/mol. The predicted octanol–water partition coefficient (Wildman–Crippen LogP) is 1.90. The summed E-state index contributed by atoms with van der Waals surface area (Å²) in [5.74, 6) is -0.301. The summed E-state index contributed by atoms with van der Waals surface area (Å²) in [6.07, 6.45) is 0. The molecule has 106 valence electrons. The molecule has 4 nitrogen and oxygen atoms in total. The first-order valence-corrected chi connectivity index (χ1v) is 6.57. The Hall–Kier alpha value is -1.04. The number of hydrogen-bond acceptors (Lipinski definition) is 4. The molecule has 1 aliphatic rings. The van der Waals surface area contributed by atoms with Crippen molar-refractivity contribution in [3.63, 3.8) is 0 Å². The van der Waals surface area contributed by atoms with E-state index in [1.807, 2.05) is 0 Å². The van der Waals surface area contributed by atoms with E-state index >= 15 is 0 Å². The molecule has 2 rings (SSSR count). The maximum absolute atomic E-state index is 14.2. The highest BCUT2D eigenvalue weighted by molar-refractivity contribution is 6.32. The van der Waals surface area contributed by atoms with Crippen LogP contribution in [0.1, 0.15) is 5.56 Å². The summed E-state index contributed by atoms with van der Waals surface area (Å²) in [4.78, 5) is 2.23. The molecule has 0 unspecified atom stereocenters. The third kappa shape index (κ3) is 3.11. The Bertz CT molecular complexity index is 451. The molecule has 0 aromatic heterocycles. The van der Waals surface area contributed by atoms with Crippen LogP contribution in [-0.4, -0.2) is 45.3 Å². The Balaban J connectivity index is 2.28. The molecule has 1 aliphatic heterocycles. The van der Waals surface area contributed by atoms with Crippen molar-refractivity contribution in [1.29, 1.82) is 0 Å². The van der Waals surface area contributed by atoms with Gasteiger partial charge in [0.25, 0.3) is 0 Å². The number of nitrogens with one attached hydrogen (secondary N) is 1. The van der Waals surface area contributed by atoms with Gasteiger partial charge in [0.2, 0.25) is 5.82 Å². The van der Waals surface area contributed by atoms with Crippen LogP contribution in [0, 0.1) is 5.82 Å². The fourth-order valence-corrected chi connectivity index (χ4v) is 2.56. The summed E-state index contributed by atoms with van der Waals surface area (Å²) >= 11 is 6.03. The van der Waals surface area contributed by atoms with Gasteiger partial charge in [0.05, 0.1) is 19.2 Å². The van der Waals surface area contributed by atoms with E-state index in [1.165, 1.54) is 14.2 Å². The number of ether oxygens (including phenoxy) is 2. The molecular weight excluding hydrogens is 271 g/mol. The largest absolute Gasteiger partial charge is 0.493 e. The minimum absolute atomic E-state index is 0.0302. The topological polar surface area (TPSA) is 33.7 Å². The number of hydrogen-bond donors (Lipinski definition) is 1. The molecule has 1 N–H and O–H groups in total. The van der Waals surface area contributed by atoms with Crippen molar-refractivity contribution in [2.45, 2.75) is 6.54 Å². The molecule has 19 heavy (non-hydrogen) atoms. The number of nitrogens with zero attached hydrogens (tertiary/aromatic N) is 1. The number of piperazine rings is 1. The quantitative estimate of drug-likeness (QED) is 0.918. The molecule has 0 amide bonds. The van der Waals surface area contributed by atoms with E-state index in [4.69, 9.17) is 21.1 Å². The van der Waals surface area contributed by atoms with E-state index in [0.717, 1.165) is 31.7 Å². The van der Waals surface area contributed by atoms with Crippen molar-refractivity contribution in [3.8, 4) is 11.5 Å². The van der Waals surface area contributed by atoms with Crippen molar-refractivity contribution < 1.29 is 13.9 Å². The highest BCUT2D eigenvalue weighted by Gasteiger charge is 2.21. The molecule has 0 saturated carbocycles. The van der Waals surface area contributed by atoms with E-state index in [1.54, 1.807) is 6.07 Å². The van der Waals surface area contributed by atoms with Crippen molar-refractivity contribution in [2.24, 2.45) is 0 Å². The van der Waals surface area contributed by atoms with Crippen LogP contribution in [0.5, 0.6) is 11.5 Å². The third-order valence-electron chi connectivity index (χ3n) is 3.22. The zero-order valence-electron chi connectivity index (χ0n) is 11.1. The number of rotatable bonds is 4. The van der Waals surface area contributed by atoms with Gasteiger partial charge in [-0.2, -0.15) is 4.39 Å². The molecule has 6 heteroatoms. The lowest BCUT2D eigenvalue weighted by Gasteiger charge is -2.28. The fraction of sp³-hybridized carbons (Fsp3) is 0.538. The van der Waals surface area contributed by atoms with Crippen LogP contribution in [0.25, 0.3) is 0 Å². The Labute approximate surface area is 117 Å². The standard InChI is InChI=1S/C13H18ClFN2O2/c1-18-12-9(8-17-5-3-16-4-6-17)7-10(14)13(19-2)11(12)15/h7,16H,3-6,8H2,1-2H3. The van der Waals surface area contributed by atoms with Crippen molar-refractivity contribution >= 4 is 11.6 Å². The average Bonchev–Trinajstić information content (AvgIpc) is 2.40. The van der Waals surface area contributed by atoms with Gasteiger partial charge in [-0.15, -0.1) is 0 Å². The molecule has 0 radical (unpaired) electrons.